The molecule has 8 nitrogen and oxygen atoms in total. The van der Waals surface area contributed by atoms with Crippen molar-refractivity contribution in [2.24, 2.45) is 7.05 Å². The summed E-state index contributed by atoms with van der Waals surface area (Å²) in [5, 5.41) is 12.5. The summed E-state index contributed by atoms with van der Waals surface area (Å²) in [5.41, 5.74) is 1.35. The highest BCUT2D eigenvalue weighted by Gasteiger charge is 2.38. The highest BCUT2D eigenvalue weighted by Crippen LogP contribution is 2.31. The topological polar surface area (TPSA) is 78.1 Å². The zero-order valence-corrected chi connectivity index (χ0v) is 12.8. The molecule has 2 atom stereocenters. The highest BCUT2D eigenvalue weighted by atomic mass is 35.5. The number of ether oxygens (including phenoxy) is 1. The number of piperidine rings is 1. The number of likely N-dealkylation sites (tertiary alicyclic amines) is 1. The van der Waals surface area contributed by atoms with Gasteiger partial charge >= 0.3 is 0 Å². The maximum atomic E-state index is 12.7. The van der Waals surface area contributed by atoms with Crippen molar-refractivity contribution in [1.82, 2.24) is 29.7 Å². The van der Waals surface area contributed by atoms with Crippen molar-refractivity contribution in [2.45, 2.75) is 25.2 Å². The van der Waals surface area contributed by atoms with Gasteiger partial charge in [0, 0.05) is 20.1 Å². The van der Waals surface area contributed by atoms with Crippen LogP contribution in [0.1, 0.15) is 28.6 Å². The Balaban J connectivity index is 1.60. The van der Waals surface area contributed by atoms with Gasteiger partial charge in [0.25, 0.3) is 5.91 Å². The Morgan fingerprint density at radius 1 is 1.45 bits per heavy atom. The Bertz CT molecular complexity index is 706. The van der Waals surface area contributed by atoms with Gasteiger partial charge in [0.15, 0.2) is 0 Å². The zero-order valence-electron chi connectivity index (χ0n) is 12.0. The van der Waals surface area contributed by atoms with Gasteiger partial charge in [-0.1, -0.05) is 16.8 Å². The molecule has 0 N–H and O–H groups in total. The van der Waals surface area contributed by atoms with E-state index in [-0.39, 0.29) is 18.1 Å². The van der Waals surface area contributed by atoms with Crippen molar-refractivity contribution in [2.75, 3.05) is 13.1 Å². The van der Waals surface area contributed by atoms with E-state index in [1.165, 1.54) is 10.9 Å². The number of nitrogens with zero attached hydrogens (tertiary/aromatic N) is 6. The summed E-state index contributed by atoms with van der Waals surface area (Å²) in [7, 11) is 1.71. The van der Waals surface area contributed by atoms with Gasteiger partial charge in [-0.3, -0.25) is 9.48 Å². The second-order valence-corrected chi connectivity index (χ2v) is 6.00. The smallest absolute Gasteiger partial charge is 0.273 e. The highest BCUT2D eigenvalue weighted by molar-refractivity contribution is 6.33. The SMILES string of the molecule is Cn1ncc(Cl)c1C(=O)N1CC[C@H]2OCc3cnnn3[C@H]2C1. The van der Waals surface area contributed by atoms with Crippen LogP contribution in [0.4, 0.5) is 0 Å². The lowest BCUT2D eigenvalue weighted by Gasteiger charge is -2.40. The van der Waals surface area contributed by atoms with Crippen molar-refractivity contribution in [3.05, 3.63) is 28.8 Å². The molecule has 4 heterocycles. The van der Waals surface area contributed by atoms with Gasteiger partial charge in [0.1, 0.15) is 5.69 Å². The number of amides is 1. The summed E-state index contributed by atoms with van der Waals surface area (Å²) < 4.78 is 9.23. The monoisotopic (exact) mass is 322 g/mol. The maximum Gasteiger partial charge on any atom is 0.273 e. The predicted octanol–water partition coefficient (Wildman–Crippen LogP) is 0.651. The van der Waals surface area contributed by atoms with Crippen molar-refractivity contribution in [1.29, 1.82) is 0 Å². The van der Waals surface area contributed by atoms with Crippen molar-refractivity contribution >= 4 is 17.5 Å². The molecule has 0 bridgehead atoms. The first-order valence-electron chi connectivity index (χ1n) is 7.12. The van der Waals surface area contributed by atoms with Crippen LogP contribution in [0.25, 0.3) is 0 Å². The molecule has 1 fully saturated rings. The van der Waals surface area contributed by atoms with Crippen LogP contribution in [-0.4, -0.2) is 54.8 Å². The van der Waals surface area contributed by atoms with Gasteiger partial charge in [-0.05, 0) is 6.42 Å². The summed E-state index contributed by atoms with van der Waals surface area (Å²) in [6.07, 6.45) is 4.03. The van der Waals surface area contributed by atoms with E-state index in [9.17, 15) is 4.79 Å². The van der Waals surface area contributed by atoms with Crippen molar-refractivity contribution in [3.8, 4) is 0 Å². The molecule has 1 amide bonds. The molecule has 0 aromatic carbocycles. The van der Waals surface area contributed by atoms with E-state index in [1.807, 2.05) is 4.68 Å². The molecule has 22 heavy (non-hydrogen) atoms. The van der Waals surface area contributed by atoms with Gasteiger partial charge in [-0.15, -0.1) is 5.10 Å². The molecule has 0 spiro atoms. The van der Waals surface area contributed by atoms with Gasteiger partial charge < -0.3 is 9.64 Å². The number of rotatable bonds is 1. The molecule has 2 aliphatic heterocycles. The first-order chi connectivity index (χ1) is 10.6. The Labute approximate surface area is 131 Å². The molecule has 2 aromatic heterocycles. The minimum Gasteiger partial charge on any atom is -0.370 e. The second kappa shape index (κ2) is 5.06. The third-order valence-corrected chi connectivity index (χ3v) is 4.59. The fraction of sp³-hybridized carbons (Fsp3) is 0.538. The van der Waals surface area contributed by atoms with Gasteiger partial charge in [-0.25, -0.2) is 4.68 Å². The average Bonchev–Trinajstić information content (AvgIpc) is 3.13. The number of fused-ring (bicyclic) bond motifs is 3. The quantitative estimate of drug-likeness (QED) is 0.770. The van der Waals surface area contributed by atoms with Crippen LogP contribution < -0.4 is 0 Å². The Hall–Kier alpha value is -1.93. The van der Waals surface area contributed by atoms with Crippen LogP contribution in [0.15, 0.2) is 12.4 Å². The number of aryl methyl sites for hydroxylation is 1. The van der Waals surface area contributed by atoms with E-state index >= 15 is 0 Å². The molecule has 0 unspecified atom stereocenters. The van der Waals surface area contributed by atoms with Crippen LogP contribution in [0.2, 0.25) is 5.02 Å². The Kier molecular flexibility index (Phi) is 3.16. The van der Waals surface area contributed by atoms with Crippen molar-refractivity contribution < 1.29 is 9.53 Å². The summed E-state index contributed by atoms with van der Waals surface area (Å²) in [4.78, 5) is 14.5. The number of hydrogen-bond donors (Lipinski definition) is 0. The molecule has 2 aliphatic rings. The second-order valence-electron chi connectivity index (χ2n) is 5.59. The van der Waals surface area contributed by atoms with Gasteiger partial charge in [-0.2, -0.15) is 5.10 Å². The molecule has 116 valence electrons. The van der Waals surface area contributed by atoms with E-state index in [2.05, 4.69) is 15.4 Å². The number of halogens is 1. The lowest BCUT2D eigenvalue weighted by Crippen LogP contribution is -2.50. The third-order valence-electron chi connectivity index (χ3n) is 4.31. The molecule has 0 radical (unpaired) electrons. The zero-order chi connectivity index (χ0) is 15.3. The van der Waals surface area contributed by atoms with E-state index in [0.717, 1.165) is 12.1 Å². The first-order valence-corrected chi connectivity index (χ1v) is 7.50. The summed E-state index contributed by atoms with van der Waals surface area (Å²) in [6.45, 7) is 1.68. The van der Waals surface area contributed by atoms with Crippen LogP contribution in [-0.2, 0) is 18.4 Å². The largest absolute Gasteiger partial charge is 0.370 e. The Morgan fingerprint density at radius 2 is 2.32 bits per heavy atom. The molecule has 0 saturated carbocycles. The van der Waals surface area contributed by atoms with E-state index in [0.29, 0.717) is 30.4 Å². The number of hydrogen-bond acceptors (Lipinski definition) is 5. The third kappa shape index (κ3) is 2.02. The minimum atomic E-state index is -0.115. The molecule has 9 heteroatoms. The molecular weight excluding hydrogens is 308 g/mol. The van der Waals surface area contributed by atoms with Crippen LogP contribution in [0.5, 0.6) is 0 Å². The fourth-order valence-corrected chi connectivity index (χ4v) is 3.41. The molecule has 1 saturated heterocycles. The van der Waals surface area contributed by atoms with E-state index < -0.39 is 0 Å². The lowest BCUT2D eigenvalue weighted by molar-refractivity contribution is -0.0606. The maximum absolute atomic E-state index is 12.7. The number of carbonyl (C=O) groups excluding carboxylic acids is 1. The molecular formula is C13H15ClN6O2. The van der Waals surface area contributed by atoms with Gasteiger partial charge in [0.05, 0.1) is 41.9 Å². The summed E-state index contributed by atoms with van der Waals surface area (Å²) >= 11 is 6.08. The number of aromatic nitrogens is 5. The predicted molar refractivity (Wildman–Crippen MR) is 76.4 cm³/mol. The minimum absolute atomic E-state index is 0.00375. The summed E-state index contributed by atoms with van der Waals surface area (Å²) in [6, 6.07) is -0.00375. The van der Waals surface area contributed by atoms with Crippen LogP contribution in [0.3, 0.4) is 0 Å². The van der Waals surface area contributed by atoms with Crippen LogP contribution in [0, 0.1) is 0 Å². The van der Waals surface area contributed by atoms with Crippen molar-refractivity contribution in [3.63, 3.8) is 0 Å². The number of carbonyl (C=O) groups is 1. The van der Waals surface area contributed by atoms with E-state index in [1.54, 1.807) is 18.1 Å². The molecule has 4 rings (SSSR count). The fourth-order valence-electron chi connectivity index (χ4n) is 3.16. The van der Waals surface area contributed by atoms with Crippen LogP contribution >= 0.6 is 11.6 Å². The summed E-state index contributed by atoms with van der Waals surface area (Å²) in [5.74, 6) is -0.115. The normalized spacial score (nSPS) is 24.0. The lowest BCUT2D eigenvalue weighted by atomic mass is 10.00. The average molecular weight is 323 g/mol. The molecule has 2 aromatic rings. The standard InChI is InChI=1S/C13H15ClN6O2/c1-18-12(9(14)5-16-18)13(21)19-3-2-11-10(6-19)20-8(7-22-11)4-15-17-20/h4-5,10-11H,2-3,6-7H2,1H3/t10-,11+/m0/s1. The van der Waals surface area contributed by atoms with Gasteiger partial charge in [0.2, 0.25) is 0 Å². The first kappa shape index (κ1) is 13.7. The van der Waals surface area contributed by atoms with E-state index in [4.69, 9.17) is 16.3 Å². The Morgan fingerprint density at radius 3 is 3.09 bits per heavy atom. The molecule has 0 aliphatic carbocycles.